The fourth-order valence-electron chi connectivity index (χ4n) is 2.70. The molecule has 0 spiro atoms. The molecule has 114 valence electrons. The van der Waals surface area contributed by atoms with E-state index in [9.17, 15) is 8.42 Å². The minimum Gasteiger partial charge on any atom is -0.343 e. The van der Waals surface area contributed by atoms with Crippen LogP contribution in [0.4, 0.5) is 0 Å². The van der Waals surface area contributed by atoms with Gasteiger partial charge in [0, 0.05) is 23.2 Å². The van der Waals surface area contributed by atoms with Crippen LogP contribution in [0.15, 0.2) is 54.7 Å². The zero-order chi connectivity index (χ0) is 15.7. The topological polar surface area (TPSA) is 88.8 Å². The average molecular weight is 315 g/mol. The molecule has 0 bridgehead atoms. The first-order chi connectivity index (χ1) is 10.5. The molecule has 0 amide bonds. The largest absolute Gasteiger partial charge is 0.343 e. The van der Waals surface area contributed by atoms with Crippen molar-refractivity contribution >= 4 is 21.1 Å². The number of primary sulfonamides is 1. The average Bonchev–Trinajstić information content (AvgIpc) is 2.91. The van der Waals surface area contributed by atoms with E-state index in [1.54, 1.807) is 13.1 Å². The van der Waals surface area contributed by atoms with Crippen LogP contribution in [-0.2, 0) is 10.0 Å². The van der Waals surface area contributed by atoms with Gasteiger partial charge in [-0.2, -0.15) is 0 Å². The molecule has 0 saturated heterocycles. The normalized spacial score (nSPS) is 14.8. The van der Waals surface area contributed by atoms with Crippen LogP contribution in [0.2, 0.25) is 0 Å². The monoisotopic (exact) mass is 315 g/mol. The van der Waals surface area contributed by atoms with E-state index in [-0.39, 0.29) is 5.92 Å². The summed E-state index contributed by atoms with van der Waals surface area (Å²) in [7, 11) is -3.68. The van der Waals surface area contributed by atoms with Gasteiger partial charge in [-0.3, -0.25) is 0 Å². The molecular formula is C16H17N3O2S. The summed E-state index contributed by atoms with van der Waals surface area (Å²) in [5, 5.41) is 5.59. The van der Waals surface area contributed by atoms with Crippen molar-refractivity contribution in [3.63, 3.8) is 0 Å². The van der Waals surface area contributed by atoms with Crippen molar-refractivity contribution in [1.82, 2.24) is 9.97 Å². The van der Waals surface area contributed by atoms with Gasteiger partial charge in [0.15, 0.2) is 0 Å². The molecule has 5 nitrogen and oxygen atoms in total. The Kier molecular flexibility index (Phi) is 3.72. The molecule has 0 fully saturated rings. The van der Waals surface area contributed by atoms with Crippen LogP contribution in [0.3, 0.4) is 0 Å². The third-order valence-electron chi connectivity index (χ3n) is 3.89. The van der Waals surface area contributed by atoms with Crippen molar-refractivity contribution in [3.05, 3.63) is 66.0 Å². The highest BCUT2D eigenvalue weighted by atomic mass is 32.2. The van der Waals surface area contributed by atoms with Gasteiger partial charge >= 0.3 is 0 Å². The molecule has 0 aliphatic rings. The highest BCUT2D eigenvalue weighted by molar-refractivity contribution is 7.89. The van der Waals surface area contributed by atoms with Gasteiger partial charge in [0.05, 0.1) is 5.25 Å². The van der Waals surface area contributed by atoms with Gasteiger partial charge in [0.1, 0.15) is 5.65 Å². The third kappa shape index (κ3) is 2.75. The lowest BCUT2D eigenvalue weighted by Crippen LogP contribution is -2.32. The SMILES string of the molecule is CC(C(c1ccccc1)c1cc2cccnc2[nH]1)S(N)(=O)=O. The van der Waals surface area contributed by atoms with Gasteiger partial charge in [-0.1, -0.05) is 30.3 Å². The Morgan fingerprint density at radius 3 is 2.50 bits per heavy atom. The highest BCUT2D eigenvalue weighted by Gasteiger charge is 2.30. The van der Waals surface area contributed by atoms with Gasteiger partial charge < -0.3 is 4.98 Å². The second-order valence-electron chi connectivity index (χ2n) is 5.35. The van der Waals surface area contributed by atoms with Crippen LogP contribution in [0.1, 0.15) is 24.1 Å². The fourth-order valence-corrected chi connectivity index (χ4v) is 3.38. The molecule has 2 atom stereocenters. The Hall–Kier alpha value is -2.18. The number of fused-ring (bicyclic) bond motifs is 1. The summed E-state index contributed by atoms with van der Waals surface area (Å²) in [6.07, 6.45) is 1.70. The Balaban J connectivity index is 2.16. The summed E-state index contributed by atoms with van der Waals surface area (Å²) in [5.74, 6) is -0.370. The molecular weight excluding hydrogens is 298 g/mol. The lowest BCUT2D eigenvalue weighted by molar-refractivity contribution is 0.574. The van der Waals surface area contributed by atoms with Gasteiger partial charge in [-0.05, 0) is 30.7 Å². The van der Waals surface area contributed by atoms with Crippen molar-refractivity contribution in [2.24, 2.45) is 5.14 Å². The number of hydrogen-bond donors (Lipinski definition) is 2. The molecule has 2 aromatic heterocycles. The number of nitrogens with one attached hydrogen (secondary N) is 1. The number of H-pyrrole nitrogens is 1. The molecule has 3 rings (SSSR count). The van der Waals surface area contributed by atoms with E-state index < -0.39 is 15.3 Å². The first-order valence-corrected chi connectivity index (χ1v) is 8.58. The van der Waals surface area contributed by atoms with Gasteiger partial charge in [0.2, 0.25) is 10.0 Å². The minimum absolute atomic E-state index is 0.370. The Bertz CT molecular complexity index is 855. The third-order valence-corrected chi connectivity index (χ3v) is 5.20. The molecule has 3 aromatic rings. The number of aromatic nitrogens is 2. The van der Waals surface area contributed by atoms with Crippen molar-refractivity contribution in [2.75, 3.05) is 0 Å². The number of pyridine rings is 1. The second-order valence-corrected chi connectivity index (χ2v) is 7.27. The molecule has 1 aromatic carbocycles. The molecule has 3 N–H and O–H groups in total. The van der Waals surface area contributed by atoms with Crippen molar-refractivity contribution in [2.45, 2.75) is 18.1 Å². The first kappa shape index (κ1) is 14.7. The van der Waals surface area contributed by atoms with Gasteiger partial charge in [0.25, 0.3) is 0 Å². The van der Waals surface area contributed by atoms with Crippen molar-refractivity contribution < 1.29 is 8.42 Å². The zero-order valence-electron chi connectivity index (χ0n) is 12.1. The van der Waals surface area contributed by atoms with Crippen molar-refractivity contribution in [1.29, 1.82) is 0 Å². The molecule has 0 radical (unpaired) electrons. The summed E-state index contributed by atoms with van der Waals surface area (Å²) in [5.41, 5.74) is 2.43. The molecule has 0 aliphatic heterocycles. The quantitative estimate of drug-likeness (QED) is 0.774. The van der Waals surface area contributed by atoms with E-state index in [0.717, 1.165) is 22.3 Å². The summed E-state index contributed by atoms with van der Waals surface area (Å²) >= 11 is 0. The number of nitrogens with zero attached hydrogens (tertiary/aromatic N) is 1. The van der Waals surface area contributed by atoms with E-state index >= 15 is 0 Å². The Morgan fingerprint density at radius 2 is 1.86 bits per heavy atom. The predicted molar refractivity (Wildman–Crippen MR) is 86.9 cm³/mol. The number of aromatic amines is 1. The summed E-state index contributed by atoms with van der Waals surface area (Å²) in [4.78, 5) is 7.48. The molecule has 6 heteroatoms. The van der Waals surface area contributed by atoms with Crippen LogP contribution < -0.4 is 5.14 Å². The van der Waals surface area contributed by atoms with E-state index in [1.165, 1.54) is 0 Å². The van der Waals surface area contributed by atoms with Crippen LogP contribution in [0, 0.1) is 0 Å². The minimum atomic E-state index is -3.68. The standard InChI is InChI=1S/C16H17N3O2S/c1-11(22(17,20)21)15(12-6-3-2-4-7-12)14-10-13-8-5-9-18-16(13)19-14/h2-11,15H,1H3,(H,18,19)(H2,17,20,21). The Morgan fingerprint density at radius 1 is 1.14 bits per heavy atom. The first-order valence-electron chi connectivity index (χ1n) is 6.97. The van der Waals surface area contributed by atoms with Crippen LogP contribution in [-0.4, -0.2) is 23.6 Å². The number of hydrogen-bond acceptors (Lipinski definition) is 3. The van der Waals surface area contributed by atoms with Gasteiger partial charge in [-0.15, -0.1) is 0 Å². The highest BCUT2D eigenvalue weighted by Crippen LogP contribution is 2.31. The summed E-state index contributed by atoms with van der Waals surface area (Å²) in [6.45, 7) is 1.63. The van der Waals surface area contributed by atoms with Crippen LogP contribution >= 0.6 is 0 Å². The maximum absolute atomic E-state index is 11.9. The number of nitrogens with two attached hydrogens (primary N) is 1. The molecule has 2 heterocycles. The van der Waals surface area contributed by atoms with Crippen LogP contribution in [0.5, 0.6) is 0 Å². The molecule has 22 heavy (non-hydrogen) atoms. The van der Waals surface area contributed by atoms with E-state index in [4.69, 9.17) is 5.14 Å². The lowest BCUT2D eigenvalue weighted by Gasteiger charge is -2.22. The van der Waals surface area contributed by atoms with E-state index in [0.29, 0.717) is 0 Å². The predicted octanol–water partition coefficient (Wildman–Crippen LogP) is 2.37. The maximum Gasteiger partial charge on any atom is 0.212 e. The zero-order valence-corrected chi connectivity index (χ0v) is 12.9. The number of benzene rings is 1. The molecule has 2 unspecified atom stereocenters. The molecule has 0 aliphatic carbocycles. The fraction of sp³-hybridized carbons (Fsp3) is 0.188. The summed E-state index contributed by atoms with van der Waals surface area (Å²) in [6, 6.07) is 15.2. The smallest absolute Gasteiger partial charge is 0.212 e. The summed E-state index contributed by atoms with van der Waals surface area (Å²) < 4.78 is 23.8. The lowest BCUT2D eigenvalue weighted by atomic mass is 9.93. The number of rotatable bonds is 4. The van der Waals surface area contributed by atoms with Crippen molar-refractivity contribution in [3.8, 4) is 0 Å². The van der Waals surface area contributed by atoms with E-state index in [1.807, 2.05) is 48.5 Å². The second kappa shape index (κ2) is 5.55. The van der Waals surface area contributed by atoms with E-state index in [2.05, 4.69) is 9.97 Å². The van der Waals surface area contributed by atoms with Crippen LogP contribution in [0.25, 0.3) is 11.0 Å². The number of sulfonamides is 1. The molecule has 0 saturated carbocycles. The van der Waals surface area contributed by atoms with Gasteiger partial charge in [-0.25, -0.2) is 18.5 Å². The maximum atomic E-state index is 11.9. The Labute approximate surface area is 129 Å².